The number of benzene rings is 1. The van der Waals surface area contributed by atoms with Gasteiger partial charge in [-0.05, 0) is 41.5 Å². The van der Waals surface area contributed by atoms with Gasteiger partial charge in [-0.3, -0.25) is 0 Å². The molecule has 2 aromatic rings. The maximum atomic E-state index is 6.00. The monoisotopic (exact) mass is 279 g/mol. The zero-order valence-electron chi connectivity index (χ0n) is 10.3. The smallest absolute Gasteiger partial charge is 0.184 e. The van der Waals surface area contributed by atoms with Crippen LogP contribution in [0.3, 0.4) is 0 Å². The minimum Gasteiger partial charge on any atom is -0.398 e. The van der Waals surface area contributed by atoms with Crippen LogP contribution in [0.15, 0.2) is 18.2 Å². The maximum absolute atomic E-state index is 6.00. The zero-order chi connectivity index (χ0) is 13.2. The summed E-state index contributed by atoms with van der Waals surface area (Å²) in [7, 11) is 0. The molecule has 2 N–H and O–H groups in total. The van der Waals surface area contributed by atoms with E-state index >= 15 is 0 Å². The number of nitrogen functional groups attached to an aromatic ring is 1. The molecular weight excluding hydrogens is 266 g/mol. The van der Waals surface area contributed by atoms with E-state index in [9.17, 15) is 0 Å². The third-order valence-electron chi connectivity index (χ3n) is 3.19. The molecule has 19 heavy (non-hydrogen) atoms. The van der Waals surface area contributed by atoms with Gasteiger partial charge in [-0.25, -0.2) is 4.68 Å². The number of hydrogen-bond donors (Lipinski definition) is 1. The Morgan fingerprint density at radius 2 is 2.37 bits per heavy atom. The van der Waals surface area contributed by atoms with Crippen LogP contribution in [0, 0.1) is 0 Å². The highest BCUT2D eigenvalue weighted by Gasteiger charge is 2.20. The number of nitrogens with two attached hydrogens (primary N) is 1. The molecule has 1 unspecified atom stereocenters. The largest absolute Gasteiger partial charge is 0.398 e. The Morgan fingerprint density at radius 3 is 3.16 bits per heavy atom. The first-order chi connectivity index (χ1) is 9.24. The summed E-state index contributed by atoms with van der Waals surface area (Å²) in [4.78, 5) is 0. The van der Waals surface area contributed by atoms with Crippen LogP contribution in [-0.4, -0.2) is 32.9 Å². The van der Waals surface area contributed by atoms with Gasteiger partial charge in [0.2, 0.25) is 0 Å². The number of halogens is 1. The molecule has 0 radical (unpaired) electrons. The lowest BCUT2D eigenvalue weighted by molar-refractivity contribution is 0.0939. The van der Waals surface area contributed by atoms with Gasteiger partial charge in [-0.2, -0.15) is 0 Å². The summed E-state index contributed by atoms with van der Waals surface area (Å²) >= 11 is 6.00. The second-order valence-corrected chi connectivity index (χ2v) is 4.99. The molecule has 7 heteroatoms. The Hall–Kier alpha value is -1.66. The lowest BCUT2D eigenvalue weighted by Crippen LogP contribution is -2.17. The van der Waals surface area contributed by atoms with Gasteiger partial charge in [0.1, 0.15) is 0 Å². The molecular formula is C12H14ClN5O. The van der Waals surface area contributed by atoms with Gasteiger partial charge in [0, 0.05) is 22.9 Å². The van der Waals surface area contributed by atoms with Crippen molar-refractivity contribution in [1.82, 2.24) is 20.2 Å². The zero-order valence-corrected chi connectivity index (χ0v) is 11.0. The fraction of sp³-hybridized carbons (Fsp3) is 0.417. The fourth-order valence-electron chi connectivity index (χ4n) is 2.22. The average molecular weight is 280 g/mol. The first-order valence-electron chi connectivity index (χ1n) is 6.17. The van der Waals surface area contributed by atoms with Crippen LogP contribution in [0.5, 0.6) is 0 Å². The summed E-state index contributed by atoms with van der Waals surface area (Å²) < 4.78 is 7.32. The van der Waals surface area contributed by atoms with E-state index in [0.717, 1.165) is 25.0 Å². The van der Waals surface area contributed by atoms with Crippen molar-refractivity contribution in [3.8, 4) is 11.4 Å². The van der Waals surface area contributed by atoms with Gasteiger partial charge in [-0.1, -0.05) is 11.6 Å². The van der Waals surface area contributed by atoms with Crippen molar-refractivity contribution in [3.05, 3.63) is 23.2 Å². The topological polar surface area (TPSA) is 78.9 Å². The van der Waals surface area contributed by atoms with Crippen molar-refractivity contribution >= 4 is 17.3 Å². The Kier molecular flexibility index (Phi) is 3.35. The number of anilines is 1. The molecule has 1 saturated heterocycles. The van der Waals surface area contributed by atoms with E-state index in [1.54, 1.807) is 22.9 Å². The Bertz CT molecular complexity index is 579. The average Bonchev–Trinajstić information content (AvgIpc) is 3.04. The van der Waals surface area contributed by atoms with Gasteiger partial charge in [-0.15, -0.1) is 5.10 Å². The predicted octanol–water partition coefficient (Wildman–Crippen LogP) is 1.75. The summed E-state index contributed by atoms with van der Waals surface area (Å²) in [6.45, 7) is 1.44. The molecule has 1 aromatic heterocycles. The fourth-order valence-corrected chi connectivity index (χ4v) is 2.40. The first-order valence-corrected chi connectivity index (χ1v) is 6.55. The third kappa shape index (κ3) is 2.54. The number of ether oxygens (including phenoxy) is 1. The van der Waals surface area contributed by atoms with Crippen molar-refractivity contribution in [1.29, 1.82) is 0 Å². The molecule has 1 aliphatic rings. The number of hydrogen-bond acceptors (Lipinski definition) is 5. The molecule has 0 spiro atoms. The summed E-state index contributed by atoms with van der Waals surface area (Å²) in [6, 6.07) is 5.27. The molecule has 0 amide bonds. The van der Waals surface area contributed by atoms with Crippen LogP contribution >= 0.6 is 11.6 Å². The van der Waals surface area contributed by atoms with Crippen molar-refractivity contribution in [2.24, 2.45) is 0 Å². The summed E-state index contributed by atoms with van der Waals surface area (Å²) in [5.74, 6) is 0.621. The van der Waals surface area contributed by atoms with Crippen molar-refractivity contribution in [2.75, 3.05) is 12.3 Å². The van der Waals surface area contributed by atoms with E-state index in [1.165, 1.54) is 0 Å². The molecule has 1 atom stereocenters. The second kappa shape index (κ2) is 5.14. The molecule has 3 rings (SSSR count). The number of aromatic nitrogens is 4. The Balaban J connectivity index is 1.92. The van der Waals surface area contributed by atoms with Crippen LogP contribution in [0.4, 0.5) is 5.69 Å². The second-order valence-electron chi connectivity index (χ2n) is 4.55. The standard InChI is InChI=1S/C12H14ClN5O/c13-8-3-4-11(14)10(6-8)12-15-16-17-18(12)7-9-2-1-5-19-9/h3-4,6,9H,1-2,5,7,14H2. The summed E-state index contributed by atoms with van der Waals surface area (Å²) in [6.07, 6.45) is 2.29. The molecule has 100 valence electrons. The molecule has 2 heterocycles. The summed E-state index contributed by atoms with van der Waals surface area (Å²) in [5, 5.41) is 12.4. The van der Waals surface area contributed by atoms with E-state index in [4.69, 9.17) is 22.1 Å². The van der Waals surface area contributed by atoms with Crippen LogP contribution in [-0.2, 0) is 11.3 Å². The molecule has 0 saturated carbocycles. The van der Waals surface area contributed by atoms with Crippen LogP contribution in [0.2, 0.25) is 5.02 Å². The van der Waals surface area contributed by atoms with E-state index in [0.29, 0.717) is 23.1 Å². The maximum Gasteiger partial charge on any atom is 0.184 e. The van der Waals surface area contributed by atoms with Crippen molar-refractivity contribution in [2.45, 2.75) is 25.5 Å². The van der Waals surface area contributed by atoms with Gasteiger partial charge in [0.05, 0.1) is 12.6 Å². The molecule has 1 fully saturated rings. The SMILES string of the molecule is Nc1ccc(Cl)cc1-c1nnnn1CC1CCCO1. The highest BCUT2D eigenvalue weighted by atomic mass is 35.5. The highest BCUT2D eigenvalue weighted by Crippen LogP contribution is 2.27. The van der Waals surface area contributed by atoms with E-state index < -0.39 is 0 Å². The minimum atomic E-state index is 0.169. The summed E-state index contributed by atoms with van der Waals surface area (Å²) in [5.41, 5.74) is 7.31. The predicted molar refractivity (Wildman–Crippen MR) is 71.6 cm³/mol. The number of tetrazole rings is 1. The number of rotatable bonds is 3. The van der Waals surface area contributed by atoms with E-state index in [1.807, 2.05) is 0 Å². The third-order valence-corrected chi connectivity index (χ3v) is 3.42. The van der Waals surface area contributed by atoms with Gasteiger partial charge in [0.25, 0.3) is 0 Å². The van der Waals surface area contributed by atoms with E-state index in [2.05, 4.69) is 15.5 Å². The van der Waals surface area contributed by atoms with Crippen LogP contribution < -0.4 is 5.73 Å². The normalized spacial score (nSPS) is 18.9. The van der Waals surface area contributed by atoms with E-state index in [-0.39, 0.29) is 6.10 Å². The van der Waals surface area contributed by atoms with Gasteiger partial charge >= 0.3 is 0 Å². The molecule has 0 bridgehead atoms. The lowest BCUT2D eigenvalue weighted by Gasteiger charge is -2.11. The van der Waals surface area contributed by atoms with Crippen molar-refractivity contribution < 1.29 is 4.74 Å². The number of nitrogens with zero attached hydrogens (tertiary/aromatic N) is 4. The lowest BCUT2D eigenvalue weighted by atomic mass is 10.1. The molecule has 0 aliphatic carbocycles. The first kappa shape index (κ1) is 12.4. The van der Waals surface area contributed by atoms with Gasteiger partial charge in [0.15, 0.2) is 5.82 Å². The Labute approximate surface area is 115 Å². The van der Waals surface area contributed by atoms with Crippen LogP contribution in [0.25, 0.3) is 11.4 Å². The van der Waals surface area contributed by atoms with Gasteiger partial charge < -0.3 is 10.5 Å². The van der Waals surface area contributed by atoms with Crippen LogP contribution in [0.1, 0.15) is 12.8 Å². The molecule has 1 aromatic carbocycles. The molecule has 1 aliphatic heterocycles. The Morgan fingerprint density at radius 1 is 1.47 bits per heavy atom. The molecule has 6 nitrogen and oxygen atoms in total. The highest BCUT2D eigenvalue weighted by molar-refractivity contribution is 6.31. The minimum absolute atomic E-state index is 0.169. The quantitative estimate of drug-likeness (QED) is 0.866. The van der Waals surface area contributed by atoms with Crippen molar-refractivity contribution in [3.63, 3.8) is 0 Å².